The number of hydrogen-bond donors (Lipinski definition) is 1. The zero-order chi connectivity index (χ0) is 11.1. The maximum Gasteiger partial charge on any atom is 0.119 e. The van der Waals surface area contributed by atoms with Gasteiger partial charge in [0, 0.05) is 5.71 Å². The second kappa shape index (κ2) is 6.19. The maximum atomic E-state index is 5.44. The molecular formula is C12H18N2O. The molecule has 0 spiro atoms. The molecule has 82 valence electrons. The van der Waals surface area contributed by atoms with Gasteiger partial charge < -0.3 is 10.5 Å². The van der Waals surface area contributed by atoms with Crippen LogP contribution in [0, 0.1) is 0 Å². The third-order valence-corrected chi connectivity index (χ3v) is 2.17. The van der Waals surface area contributed by atoms with Crippen LogP contribution in [0.5, 0.6) is 5.75 Å². The molecule has 1 aromatic carbocycles. The first kappa shape index (κ1) is 11.7. The number of nitrogens with two attached hydrogens (primary N) is 1. The van der Waals surface area contributed by atoms with Crippen molar-refractivity contribution in [3.05, 3.63) is 29.8 Å². The summed E-state index contributed by atoms with van der Waals surface area (Å²) in [6, 6.07) is 7.95. The first-order valence-corrected chi connectivity index (χ1v) is 5.09. The molecule has 0 aliphatic heterocycles. The lowest BCUT2D eigenvalue weighted by Crippen LogP contribution is -2.04. The first-order chi connectivity index (χ1) is 7.26. The van der Waals surface area contributed by atoms with E-state index in [1.165, 1.54) is 0 Å². The van der Waals surface area contributed by atoms with E-state index in [4.69, 9.17) is 10.5 Å². The van der Waals surface area contributed by atoms with Crippen molar-refractivity contribution in [2.75, 3.05) is 13.7 Å². The quantitative estimate of drug-likeness (QED) is 0.749. The highest BCUT2D eigenvalue weighted by atomic mass is 16.5. The molecule has 0 aliphatic rings. The SMILES string of the molecule is COc1cccc(CN=C(C)CCN)c1. The van der Waals surface area contributed by atoms with Gasteiger partial charge >= 0.3 is 0 Å². The first-order valence-electron chi connectivity index (χ1n) is 5.09. The normalized spacial score (nSPS) is 11.5. The molecule has 2 N–H and O–H groups in total. The lowest BCUT2D eigenvalue weighted by Gasteiger charge is -2.02. The van der Waals surface area contributed by atoms with Gasteiger partial charge in [-0.3, -0.25) is 4.99 Å². The van der Waals surface area contributed by atoms with E-state index in [1.807, 2.05) is 31.2 Å². The van der Waals surface area contributed by atoms with E-state index in [-0.39, 0.29) is 0 Å². The summed E-state index contributed by atoms with van der Waals surface area (Å²) in [5.74, 6) is 0.874. The van der Waals surface area contributed by atoms with E-state index in [9.17, 15) is 0 Å². The Hall–Kier alpha value is -1.35. The van der Waals surface area contributed by atoms with Crippen LogP contribution < -0.4 is 10.5 Å². The smallest absolute Gasteiger partial charge is 0.119 e. The number of rotatable bonds is 5. The highest BCUT2D eigenvalue weighted by Crippen LogP contribution is 2.13. The zero-order valence-corrected chi connectivity index (χ0v) is 9.36. The fraction of sp³-hybridized carbons (Fsp3) is 0.417. The van der Waals surface area contributed by atoms with Gasteiger partial charge in [0.25, 0.3) is 0 Å². The molecule has 0 atom stereocenters. The van der Waals surface area contributed by atoms with Crippen LogP contribution in [0.25, 0.3) is 0 Å². The van der Waals surface area contributed by atoms with Gasteiger partial charge in [-0.15, -0.1) is 0 Å². The van der Waals surface area contributed by atoms with Crippen molar-refractivity contribution in [1.82, 2.24) is 0 Å². The molecule has 0 unspecified atom stereocenters. The van der Waals surface area contributed by atoms with Crippen LogP contribution in [0.2, 0.25) is 0 Å². The lowest BCUT2D eigenvalue weighted by molar-refractivity contribution is 0.414. The number of aliphatic imine (C=N–C) groups is 1. The van der Waals surface area contributed by atoms with Crippen molar-refractivity contribution in [3.8, 4) is 5.75 Å². The van der Waals surface area contributed by atoms with Crippen molar-refractivity contribution in [2.45, 2.75) is 19.9 Å². The molecule has 1 aromatic rings. The summed E-state index contributed by atoms with van der Waals surface area (Å²) in [7, 11) is 1.67. The highest BCUT2D eigenvalue weighted by Gasteiger charge is 1.95. The summed E-state index contributed by atoms with van der Waals surface area (Å²) < 4.78 is 5.14. The van der Waals surface area contributed by atoms with Crippen LogP contribution in [0.1, 0.15) is 18.9 Å². The molecule has 3 heteroatoms. The van der Waals surface area contributed by atoms with E-state index in [0.717, 1.165) is 23.4 Å². The maximum absolute atomic E-state index is 5.44. The fourth-order valence-corrected chi connectivity index (χ4v) is 1.29. The van der Waals surface area contributed by atoms with Gasteiger partial charge in [-0.1, -0.05) is 12.1 Å². The summed E-state index contributed by atoms with van der Waals surface area (Å²) >= 11 is 0. The summed E-state index contributed by atoms with van der Waals surface area (Å²) in [4.78, 5) is 4.44. The molecule has 1 rings (SSSR count). The third kappa shape index (κ3) is 4.13. The molecule has 15 heavy (non-hydrogen) atoms. The average molecular weight is 206 g/mol. The summed E-state index contributed by atoms with van der Waals surface area (Å²) in [6.07, 6.45) is 0.865. The second-order valence-electron chi connectivity index (χ2n) is 3.44. The van der Waals surface area contributed by atoms with Crippen molar-refractivity contribution in [1.29, 1.82) is 0 Å². The number of nitrogens with zero attached hydrogens (tertiary/aromatic N) is 1. The van der Waals surface area contributed by atoms with Gasteiger partial charge in [-0.25, -0.2) is 0 Å². The molecule has 0 heterocycles. The van der Waals surface area contributed by atoms with Gasteiger partial charge in [-0.05, 0) is 37.6 Å². The minimum absolute atomic E-state index is 0.660. The van der Waals surface area contributed by atoms with Gasteiger partial charge in [0.15, 0.2) is 0 Å². The number of ether oxygens (including phenoxy) is 1. The Morgan fingerprint density at radius 2 is 2.27 bits per heavy atom. The number of methoxy groups -OCH3 is 1. The summed E-state index contributed by atoms with van der Waals surface area (Å²) in [5, 5.41) is 0. The molecule has 0 aliphatic carbocycles. The molecule has 3 nitrogen and oxygen atoms in total. The van der Waals surface area contributed by atoms with Crippen LogP contribution in [0.3, 0.4) is 0 Å². The topological polar surface area (TPSA) is 47.6 Å². The van der Waals surface area contributed by atoms with E-state index >= 15 is 0 Å². The third-order valence-electron chi connectivity index (χ3n) is 2.17. The molecule has 0 fully saturated rings. The number of benzene rings is 1. The van der Waals surface area contributed by atoms with Gasteiger partial charge in [0.1, 0.15) is 5.75 Å². The van der Waals surface area contributed by atoms with E-state index in [2.05, 4.69) is 4.99 Å². The van der Waals surface area contributed by atoms with Crippen LogP contribution in [-0.4, -0.2) is 19.4 Å². The van der Waals surface area contributed by atoms with Crippen LogP contribution in [0.15, 0.2) is 29.3 Å². The Bertz CT molecular complexity index is 334. The van der Waals surface area contributed by atoms with E-state index < -0.39 is 0 Å². The van der Waals surface area contributed by atoms with Gasteiger partial charge in [-0.2, -0.15) is 0 Å². The van der Waals surface area contributed by atoms with Crippen molar-refractivity contribution in [3.63, 3.8) is 0 Å². The fourth-order valence-electron chi connectivity index (χ4n) is 1.29. The van der Waals surface area contributed by atoms with E-state index in [1.54, 1.807) is 7.11 Å². The molecular weight excluding hydrogens is 188 g/mol. The molecule has 0 amide bonds. The highest BCUT2D eigenvalue weighted by molar-refractivity contribution is 5.82. The Balaban J connectivity index is 2.60. The van der Waals surface area contributed by atoms with Crippen LogP contribution >= 0.6 is 0 Å². The van der Waals surface area contributed by atoms with Gasteiger partial charge in [0.05, 0.1) is 13.7 Å². The minimum Gasteiger partial charge on any atom is -0.497 e. The molecule has 0 bridgehead atoms. The Morgan fingerprint density at radius 3 is 2.93 bits per heavy atom. The monoisotopic (exact) mass is 206 g/mol. The molecule has 0 aromatic heterocycles. The predicted octanol–water partition coefficient (Wildman–Crippen LogP) is 2.00. The van der Waals surface area contributed by atoms with Crippen molar-refractivity contribution in [2.24, 2.45) is 10.7 Å². The van der Waals surface area contributed by atoms with E-state index in [0.29, 0.717) is 13.1 Å². The lowest BCUT2D eigenvalue weighted by atomic mass is 10.2. The zero-order valence-electron chi connectivity index (χ0n) is 9.36. The number of hydrogen-bond acceptors (Lipinski definition) is 3. The van der Waals surface area contributed by atoms with Crippen LogP contribution in [-0.2, 0) is 6.54 Å². The molecule has 0 saturated carbocycles. The second-order valence-corrected chi connectivity index (χ2v) is 3.44. The largest absolute Gasteiger partial charge is 0.497 e. The van der Waals surface area contributed by atoms with Crippen LogP contribution in [0.4, 0.5) is 0 Å². The average Bonchev–Trinajstić information content (AvgIpc) is 2.27. The Morgan fingerprint density at radius 1 is 1.47 bits per heavy atom. The summed E-state index contributed by atoms with van der Waals surface area (Å²) in [6.45, 7) is 3.36. The predicted molar refractivity (Wildman–Crippen MR) is 63.5 cm³/mol. The van der Waals surface area contributed by atoms with Crippen molar-refractivity contribution < 1.29 is 4.74 Å². The Kier molecular flexibility index (Phi) is 4.84. The molecule has 0 saturated heterocycles. The van der Waals surface area contributed by atoms with Gasteiger partial charge in [0.2, 0.25) is 0 Å². The molecule has 0 radical (unpaired) electrons. The minimum atomic E-state index is 0.660. The summed E-state index contributed by atoms with van der Waals surface area (Å²) in [5.41, 5.74) is 7.70. The Labute approximate surface area is 91.0 Å². The van der Waals surface area contributed by atoms with Crippen molar-refractivity contribution >= 4 is 5.71 Å². The standard InChI is InChI=1S/C12H18N2O/c1-10(6-7-13)14-9-11-4-3-5-12(8-11)15-2/h3-5,8H,6-7,9,13H2,1-2H3.